The van der Waals surface area contributed by atoms with Crippen LogP contribution in [0.4, 0.5) is 10.1 Å². The van der Waals surface area contributed by atoms with Crippen molar-refractivity contribution in [2.45, 2.75) is 31.9 Å². The van der Waals surface area contributed by atoms with Crippen LogP contribution in [0.2, 0.25) is 0 Å². The van der Waals surface area contributed by atoms with Gasteiger partial charge in [0.25, 0.3) is 0 Å². The zero-order valence-electron chi connectivity index (χ0n) is 10.8. The number of nitrogens with one attached hydrogen (secondary N) is 1. The zero-order chi connectivity index (χ0) is 14.2. The largest absolute Gasteiger partial charge is 0.389 e. The minimum Gasteiger partial charge on any atom is -0.389 e. The van der Waals surface area contributed by atoms with Crippen LogP contribution in [0.5, 0.6) is 0 Å². The molecule has 1 aliphatic rings. The predicted octanol–water partition coefficient (Wildman–Crippen LogP) is 3.20. The Morgan fingerprint density at radius 1 is 1.63 bits per heavy atom. The van der Waals surface area contributed by atoms with Crippen LogP contribution in [-0.4, -0.2) is 23.2 Å². The zero-order valence-corrected chi connectivity index (χ0v) is 13.2. The van der Waals surface area contributed by atoms with E-state index in [1.165, 1.54) is 0 Å². The first kappa shape index (κ1) is 14.7. The van der Waals surface area contributed by atoms with E-state index in [-0.39, 0.29) is 22.4 Å². The van der Waals surface area contributed by atoms with E-state index < -0.39 is 0 Å². The molecule has 1 aromatic rings. The van der Waals surface area contributed by atoms with Gasteiger partial charge in [0.05, 0.1) is 21.8 Å². The van der Waals surface area contributed by atoms with Gasteiger partial charge < -0.3 is 15.8 Å². The van der Waals surface area contributed by atoms with Crippen LogP contribution in [0.25, 0.3) is 0 Å². The van der Waals surface area contributed by atoms with Crippen LogP contribution in [0.3, 0.4) is 0 Å². The number of nitrogens with two attached hydrogens (primary N) is 1. The van der Waals surface area contributed by atoms with Crippen LogP contribution < -0.4 is 11.1 Å². The van der Waals surface area contributed by atoms with E-state index in [0.29, 0.717) is 22.3 Å². The number of rotatable bonds is 3. The average Bonchev–Trinajstić information content (AvgIpc) is 2.65. The van der Waals surface area contributed by atoms with Gasteiger partial charge in [-0.3, -0.25) is 0 Å². The molecule has 6 heteroatoms. The van der Waals surface area contributed by atoms with Crippen LogP contribution in [-0.2, 0) is 4.74 Å². The number of halogens is 2. The molecular weight excluding hydrogens is 331 g/mol. The Labute approximate surface area is 125 Å². The van der Waals surface area contributed by atoms with Gasteiger partial charge in [0.1, 0.15) is 4.99 Å². The van der Waals surface area contributed by atoms with E-state index in [4.69, 9.17) is 22.7 Å². The maximum atomic E-state index is 14.3. The maximum Gasteiger partial charge on any atom is 0.161 e. The third kappa shape index (κ3) is 2.75. The van der Waals surface area contributed by atoms with Crippen molar-refractivity contribution in [3.05, 3.63) is 28.0 Å². The summed E-state index contributed by atoms with van der Waals surface area (Å²) < 4.78 is 20.1. The minimum absolute atomic E-state index is 0.0286. The first-order valence-corrected chi connectivity index (χ1v) is 7.23. The molecular formula is C13H16BrFN2OS. The molecule has 2 atom stereocenters. The van der Waals surface area contributed by atoms with E-state index in [2.05, 4.69) is 21.2 Å². The van der Waals surface area contributed by atoms with E-state index >= 15 is 0 Å². The fourth-order valence-corrected chi connectivity index (χ4v) is 3.00. The normalized spacial score (nSPS) is 26.4. The molecule has 0 aromatic heterocycles. The molecule has 1 aliphatic heterocycles. The van der Waals surface area contributed by atoms with E-state index in [9.17, 15) is 4.39 Å². The van der Waals surface area contributed by atoms with Gasteiger partial charge in [0, 0.05) is 12.2 Å². The van der Waals surface area contributed by atoms with Crippen LogP contribution in [0, 0.1) is 5.82 Å². The molecule has 1 fully saturated rings. The molecule has 0 saturated carbocycles. The molecule has 2 rings (SSSR count). The highest BCUT2D eigenvalue weighted by molar-refractivity contribution is 9.10. The van der Waals surface area contributed by atoms with E-state index in [1.807, 2.05) is 13.8 Å². The molecule has 1 saturated heterocycles. The lowest BCUT2D eigenvalue weighted by Gasteiger charge is -2.30. The fraction of sp³-hybridized carbons (Fsp3) is 0.462. The first-order chi connectivity index (χ1) is 8.85. The smallest absolute Gasteiger partial charge is 0.161 e. The van der Waals surface area contributed by atoms with Crippen molar-refractivity contribution in [2.24, 2.45) is 5.73 Å². The monoisotopic (exact) mass is 346 g/mol. The molecule has 0 aliphatic carbocycles. The van der Waals surface area contributed by atoms with Crippen molar-refractivity contribution in [1.29, 1.82) is 0 Å². The highest BCUT2D eigenvalue weighted by Gasteiger charge is 2.37. The van der Waals surface area contributed by atoms with Gasteiger partial charge in [-0.1, -0.05) is 12.2 Å². The molecule has 0 spiro atoms. The Bertz CT molecular complexity index is 526. The number of hydrogen-bond donors (Lipinski definition) is 2. The summed E-state index contributed by atoms with van der Waals surface area (Å²) in [4.78, 5) is 0.168. The van der Waals surface area contributed by atoms with E-state index in [1.54, 1.807) is 12.1 Å². The molecule has 19 heavy (non-hydrogen) atoms. The summed E-state index contributed by atoms with van der Waals surface area (Å²) >= 11 is 8.08. The summed E-state index contributed by atoms with van der Waals surface area (Å²) in [6, 6.07) is 3.37. The second-order valence-electron chi connectivity index (χ2n) is 4.96. The third-order valence-corrected chi connectivity index (χ3v) is 4.65. The Kier molecular flexibility index (Phi) is 4.13. The van der Waals surface area contributed by atoms with Gasteiger partial charge >= 0.3 is 0 Å². The van der Waals surface area contributed by atoms with Gasteiger partial charge in [-0.15, -0.1) is 0 Å². The average molecular weight is 347 g/mol. The number of benzene rings is 1. The lowest BCUT2D eigenvalue weighted by molar-refractivity contribution is 0.105. The van der Waals surface area contributed by atoms with Crippen molar-refractivity contribution in [2.75, 3.05) is 11.9 Å². The molecule has 0 radical (unpaired) electrons. The van der Waals surface area contributed by atoms with Crippen molar-refractivity contribution in [3.63, 3.8) is 0 Å². The third-order valence-electron chi connectivity index (χ3n) is 3.65. The number of anilines is 1. The van der Waals surface area contributed by atoms with Crippen LogP contribution in [0.1, 0.15) is 25.8 Å². The predicted molar refractivity (Wildman–Crippen MR) is 82.0 cm³/mol. The van der Waals surface area contributed by atoms with Gasteiger partial charge in [-0.2, -0.15) is 0 Å². The molecule has 104 valence electrons. The van der Waals surface area contributed by atoms with Crippen molar-refractivity contribution < 1.29 is 9.13 Å². The van der Waals surface area contributed by atoms with E-state index in [0.717, 1.165) is 6.42 Å². The summed E-state index contributed by atoms with van der Waals surface area (Å²) in [5.74, 6) is -0.384. The van der Waals surface area contributed by atoms with Gasteiger partial charge in [-0.05, 0) is 48.3 Å². The summed E-state index contributed by atoms with van der Waals surface area (Å²) in [5, 5.41) is 3.23. The Morgan fingerprint density at radius 2 is 2.32 bits per heavy atom. The second-order valence-corrected chi connectivity index (χ2v) is 6.19. The van der Waals surface area contributed by atoms with Gasteiger partial charge in [0.2, 0.25) is 0 Å². The second kappa shape index (κ2) is 5.34. The fourth-order valence-electron chi connectivity index (χ4n) is 2.14. The number of ether oxygens (including phenoxy) is 1. The molecule has 0 amide bonds. The molecule has 1 aromatic carbocycles. The van der Waals surface area contributed by atoms with Crippen LogP contribution in [0.15, 0.2) is 16.6 Å². The quantitative estimate of drug-likeness (QED) is 0.825. The van der Waals surface area contributed by atoms with Crippen molar-refractivity contribution in [3.8, 4) is 0 Å². The standard InChI is InChI=1S/C13H16BrFN2OS/c1-7-13(2,5-6-18-7)17-9-4-3-8(12(16)19)10(14)11(9)15/h3-4,7,17H,5-6H2,1-2H3,(H2,16,19). The molecule has 2 unspecified atom stereocenters. The van der Waals surface area contributed by atoms with Crippen molar-refractivity contribution >= 4 is 38.8 Å². The van der Waals surface area contributed by atoms with Gasteiger partial charge in [0.15, 0.2) is 5.82 Å². The molecule has 0 bridgehead atoms. The Hall–Kier alpha value is -0.720. The van der Waals surface area contributed by atoms with Gasteiger partial charge in [-0.25, -0.2) is 4.39 Å². The molecule has 3 nitrogen and oxygen atoms in total. The number of hydrogen-bond acceptors (Lipinski definition) is 3. The molecule has 1 heterocycles. The summed E-state index contributed by atoms with van der Waals surface area (Å²) in [7, 11) is 0. The lowest BCUT2D eigenvalue weighted by Crippen LogP contribution is -2.41. The summed E-state index contributed by atoms with van der Waals surface area (Å²) in [6.45, 7) is 4.69. The van der Waals surface area contributed by atoms with Crippen molar-refractivity contribution in [1.82, 2.24) is 0 Å². The summed E-state index contributed by atoms with van der Waals surface area (Å²) in [5.41, 5.74) is 6.19. The van der Waals surface area contributed by atoms with Crippen LogP contribution >= 0.6 is 28.1 Å². The summed E-state index contributed by atoms with van der Waals surface area (Å²) in [6.07, 6.45) is 0.864. The SMILES string of the molecule is CC1OCCC1(C)Nc1ccc(C(N)=S)c(Br)c1F. The maximum absolute atomic E-state index is 14.3. The minimum atomic E-state index is -0.384. The number of thiocarbonyl (C=S) groups is 1. The lowest BCUT2D eigenvalue weighted by atomic mass is 9.94. The highest BCUT2D eigenvalue weighted by atomic mass is 79.9. The Morgan fingerprint density at radius 3 is 2.84 bits per heavy atom. The highest BCUT2D eigenvalue weighted by Crippen LogP contribution is 2.33. The Balaban J connectivity index is 2.32. The first-order valence-electron chi connectivity index (χ1n) is 6.03. The topological polar surface area (TPSA) is 47.3 Å². The molecule has 3 N–H and O–H groups in total.